The molecular formula is C27H30N2O2. The molecule has 0 atom stereocenters. The van der Waals surface area contributed by atoms with Crippen molar-refractivity contribution in [3.8, 4) is 11.1 Å². The van der Waals surface area contributed by atoms with Crippen LogP contribution in [0.4, 0.5) is 5.69 Å². The summed E-state index contributed by atoms with van der Waals surface area (Å²) in [7, 11) is 1.79. The van der Waals surface area contributed by atoms with E-state index < -0.39 is 0 Å². The lowest BCUT2D eigenvalue weighted by molar-refractivity contribution is -0.118. The summed E-state index contributed by atoms with van der Waals surface area (Å²) in [5.41, 5.74) is 7.85. The van der Waals surface area contributed by atoms with Gasteiger partial charge in [0.2, 0.25) is 5.91 Å². The lowest BCUT2D eigenvalue weighted by Gasteiger charge is -2.17. The number of aryl methyl sites for hydroxylation is 4. The third kappa shape index (κ3) is 5.26. The molecule has 0 aliphatic heterocycles. The lowest BCUT2D eigenvalue weighted by Crippen LogP contribution is -2.24. The van der Waals surface area contributed by atoms with E-state index in [1.165, 1.54) is 0 Å². The van der Waals surface area contributed by atoms with Crippen molar-refractivity contribution in [2.24, 2.45) is 0 Å². The van der Waals surface area contributed by atoms with Crippen molar-refractivity contribution in [3.05, 3.63) is 82.7 Å². The molecule has 0 aliphatic rings. The Balaban J connectivity index is 1.72. The fourth-order valence-corrected chi connectivity index (χ4v) is 3.78. The molecule has 4 heteroatoms. The number of amides is 1. The Morgan fingerprint density at radius 3 is 2.19 bits per heavy atom. The van der Waals surface area contributed by atoms with Crippen LogP contribution in [0.2, 0.25) is 0 Å². The summed E-state index contributed by atoms with van der Waals surface area (Å²) in [6.07, 6.45) is 1.65. The summed E-state index contributed by atoms with van der Waals surface area (Å²) in [6.45, 7) is 7.81. The van der Waals surface area contributed by atoms with Crippen LogP contribution in [0.25, 0.3) is 11.1 Å². The molecule has 2 aromatic carbocycles. The second kappa shape index (κ2) is 9.69. The van der Waals surface area contributed by atoms with Gasteiger partial charge < -0.3 is 4.90 Å². The average molecular weight is 415 g/mol. The van der Waals surface area contributed by atoms with Crippen LogP contribution in [0.1, 0.15) is 52.6 Å². The molecule has 0 spiro atoms. The van der Waals surface area contributed by atoms with Gasteiger partial charge in [0, 0.05) is 42.5 Å². The molecule has 0 saturated heterocycles. The maximum absolute atomic E-state index is 12.8. The molecule has 0 aliphatic carbocycles. The van der Waals surface area contributed by atoms with E-state index in [2.05, 4.69) is 17.1 Å². The van der Waals surface area contributed by atoms with Crippen LogP contribution in [0.3, 0.4) is 0 Å². The Morgan fingerprint density at radius 2 is 1.58 bits per heavy atom. The third-order valence-electron chi connectivity index (χ3n) is 5.75. The number of ketones is 1. The Hall–Kier alpha value is -3.27. The van der Waals surface area contributed by atoms with Gasteiger partial charge in [0.05, 0.1) is 0 Å². The van der Waals surface area contributed by atoms with E-state index >= 15 is 0 Å². The first-order valence-corrected chi connectivity index (χ1v) is 10.7. The number of benzene rings is 2. The van der Waals surface area contributed by atoms with Gasteiger partial charge in [0.1, 0.15) is 0 Å². The van der Waals surface area contributed by atoms with Crippen molar-refractivity contribution in [1.29, 1.82) is 0 Å². The van der Waals surface area contributed by atoms with Crippen LogP contribution in [0.5, 0.6) is 0 Å². The average Bonchev–Trinajstić information content (AvgIpc) is 2.77. The molecule has 0 saturated carbocycles. The number of pyridine rings is 1. The van der Waals surface area contributed by atoms with E-state index in [9.17, 15) is 9.59 Å². The third-order valence-corrected chi connectivity index (χ3v) is 5.75. The Morgan fingerprint density at radius 1 is 0.903 bits per heavy atom. The van der Waals surface area contributed by atoms with Crippen molar-refractivity contribution in [1.82, 2.24) is 4.98 Å². The molecule has 1 amide bonds. The molecule has 1 aromatic heterocycles. The summed E-state index contributed by atoms with van der Waals surface area (Å²) < 4.78 is 0. The smallest absolute Gasteiger partial charge is 0.226 e. The van der Waals surface area contributed by atoms with Gasteiger partial charge in [-0.25, -0.2) is 0 Å². The largest absolute Gasteiger partial charge is 0.316 e. The number of carbonyl (C=O) groups is 2. The number of hydrogen-bond donors (Lipinski definition) is 0. The van der Waals surface area contributed by atoms with Gasteiger partial charge in [-0.05, 0) is 67.6 Å². The van der Waals surface area contributed by atoms with Crippen molar-refractivity contribution in [3.63, 3.8) is 0 Å². The van der Waals surface area contributed by atoms with Crippen LogP contribution in [-0.2, 0) is 11.2 Å². The van der Waals surface area contributed by atoms with E-state index in [0.717, 1.165) is 44.9 Å². The monoisotopic (exact) mass is 414 g/mol. The van der Waals surface area contributed by atoms with E-state index in [4.69, 9.17) is 0 Å². The van der Waals surface area contributed by atoms with Gasteiger partial charge in [-0.15, -0.1) is 0 Å². The zero-order chi connectivity index (χ0) is 22.5. The molecule has 0 fully saturated rings. The highest BCUT2D eigenvalue weighted by Crippen LogP contribution is 2.26. The minimum atomic E-state index is 0.0862. The van der Waals surface area contributed by atoms with Crippen LogP contribution in [-0.4, -0.2) is 23.7 Å². The summed E-state index contributed by atoms with van der Waals surface area (Å²) >= 11 is 0. The standard InChI is InChI=1S/C27H30N2O2/c1-6-27(31)29(5)24-13-9-22(10-14-24)23-11-15-25(18(2)17-23)26(30)16-12-21-8-7-19(3)28-20(21)4/h7-11,13-15,17H,6,12,16H2,1-5H3. The van der Waals surface area contributed by atoms with Crippen molar-refractivity contribution < 1.29 is 9.59 Å². The van der Waals surface area contributed by atoms with E-state index in [1.807, 2.05) is 70.2 Å². The number of rotatable bonds is 7. The minimum Gasteiger partial charge on any atom is -0.316 e. The maximum atomic E-state index is 12.8. The zero-order valence-electron chi connectivity index (χ0n) is 19.0. The molecule has 0 bridgehead atoms. The second-order valence-electron chi connectivity index (χ2n) is 8.00. The first-order valence-electron chi connectivity index (χ1n) is 10.7. The maximum Gasteiger partial charge on any atom is 0.226 e. The highest BCUT2D eigenvalue weighted by molar-refractivity contribution is 5.98. The number of hydrogen-bond acceptors (Lipinski definition) is 3. The van der Waals surface area contributed by atoms with Crippen molar-refractivity contribution in [2.75, 3.05) is 11.9 Å². The summed E-state index contributed by atoms with van der Waals surface area (Å²) in [6, 6.07) is 18.0. The van der Waals surface area contributed by atoms with Crippen LogP contribution in [0.15, 0.2) is 54.6 Å². The molecule has 0 N–H and O–H groups in total. The molecule has 4 nitrogen and oxygen atoms in total. The summed E-state index contributed by atoms with van der Waals surface area (Å²) in [5, 5.41) is 0. The van der Waals surface area contributed by atoms with Crippen LogP contribution < -0.4 is 4.90 Å². The number of nitrogens with zero attached hydrogens (tertiary/aromatic N) is 2. The Bertz CT molecular complexity index is 1100. The van der Waals surface area contributed by atoms with Crippen LogP contribution in [0, 0.1) is 20.8 Å². The molecule has 160 valence electrons. The van der Waals surface area contributed by atoms with Crippen molar-refractivity contribution in [2.45, 2.75) is 47.0 Å². The molecule has 0 unspecified atom stereocenters. The lowest BCUT2D eigenvalue weighted by atomic mass is 9.95. The van der Waals surface area contributed by atoms with Gasteiger partial charge in [-0.2, -0.15) is 0 Å². The van der Waals surface area contributed by atoms with Crippen LogP contribution >= 0.6 is 0 Å². The van der Waals surface area contributed by atoms with E-state index in [1.54, 1.807) is 11.9 Å². The molecule has 31 heavy (non-hydrogen) atoms. The number of carbonyl (C=O) groups excluding carboxylic acids is 2. The number of Topliss-reactive ketones (excluding diaryl/α,β-unsaturated/α-hetero) is 1. The second-order valence-corrected chi connectivity index (χ2v) is 8.00. The molecule has 1 heterocycles. The normalized spacial score (nSPS) is 10.7. The number of anilines is 1. The Labute approximate surface area is 184 Å². The first-order chi connectivity index (χ1) is 14.8. The Kier molecular flexibility index (Phi) is 7.01. The first kappa shape index (κ1) is 22.4. The van der Waals surface area contributed by atoms with Gasteiger partial charge >= 0.3 is 0 Å². The van der Waals surface area contributed by atoms with Crippen molar-refractivity contribution >= 4 is 17.4 Å². The zero-order valence-corrected chi connectivity index (χ0v) is 19.0. The topological polar surface area (TPSA) is 50.3 Å². The minimum absolute atomic E-state index is 0.0862. The molecule has 0 radical (unpaired) electrons. The SMILES string of the molecule is CCC(=O)N(C)c1ccc(-c2ccc(C(=O)CCc3ccc(C)nc3C)c(C)c2)cc1. The van der Waals surface area contributed by atoms with Gasteiger partial charge in [-0.1, -0.05) is 43.3 Å². The predicted octanol–water partition coefficient (Wildman–Crippen LogP) is 5.86. The van der Waals surface area contributed by atoms with Gasteiger partial charge in [-0.3, -0.25) is 14.6 Å². The molecule has 3 aromatic rings. The summed E-state index contributed by atoms with van der Waals surface area (Å²) in [5.74, 6) is 0.238. The fourth-order valence-electron chi connectivity index (χ4n) is 3.78. The quantitative estimate of drug-likeness (QED) is 0.455. The van der Waals surface area contributed by atoms with E-state index in [-0.39, 0.29) is 11.7 Å². The number of aromatic nitrogens is 1. The fraction of sp³-hybridized carbons (Fsp3) is 0.296. The van der Waals surface area contributed by atoms with Gasteiger partial charge in [0.25, 0.3) is 0 Å². The van der Waals surface area contributed by atoms with E-state index in [0.29, 0.717) is 19.3 Å². The highest BCUT2D eigenvalue weighted by atomic mass is 16.2. The summed E-state index contributed by atoms with van der Waals surface area (Å²) in [4.78, 5) is 30.9. The molecular weight excluding hydrogens is 384 g/mol. The predicted molar refractivity (Wildman–Crippen MR) is 127 cm³/mol. The molecule has 3 rings (SSSR count). The highest BCUT2D eigenvalue weighted by Gasteiger charge is 2.13. The van der Waals surface area contributed by atoms with Gasteiger partial charge in [0.15, 0.2) is 5.78 Å².